The molecule has 1 atom stereocenters. The van der Waals surface area contributed by atoms with E-state index in [2.05, 4.69) is 50.4 Å². The normalized spacial score (nSPS) is 11.8. The topological polar surface area (TPSA) is 49.4 Å². The highest BCUT2D eigenvalue weighted by atomic mass is 35.5. The molecule has 2 amide bonds. The summed E-state index contributed by atoms with van der Waals surface area (Å²) in [6, 6.07) is 25.3. The number of benzene rings is 3. The maximum absolute atomic E-state index is 13.7. The van der Waals surface area contributed by atoms with Crippen molar-refractivity contribution in [3.63, 3.8) is 0 Å². The van der Waals surface area contributed by atoms with Crippen LogP contribution in [0.2, 0.25) is 5.02 Å². The van der Waals surface area contributed by atoms with Gasteiger partial charge >= 0.3 is 0 Å². The predicted octanol–water partition coefficient (Wildman–Crippen LogP) is 6.95. The molecule has 4 nitrogen and oxygen atoms in total. The SMILES string of the molecule is CCCCNC(=O)[C@H](Cc1ccccc1)N(Cc1ccc(Cl)cc1)C(=O)CCc1ccc(C(C)C)cc1. The summed E-state index contributed by atoms with van der Waals surface area (Å²) in [6.07, 6.45) is 3.32. The van der Waals surface area contributed by atoms with Crippen LogP contribution in [0.5, 0.6) is 0 Å². The smallest absolute Gasteiger partial charge is 0.243 e. The molecule has 0 fully saturated rings. The molecular weight excluding hydrogens is 480 g/mol. The highest BCUT2D eigenvalue weighted by molar-refractivity contribution is 6.30. The molecule has 0 saturated carbocycles. The van der Waals surface area contributed by atoms with Crippen LogP contribution in [-0.4, -0.2) is 29.3 Å². The van der Waals surface area contributed by atoms with Crippen molar-refractivity contribution in [3.05, 3.63) is 106 Å². The molecule has 196 valence electrons. The van der Waals surface area contributed by atoms with Gasteiger partial charge in [-0.1, -0.05) is 106 Å². The molecule has 0 aliphatic heterocycles. The number of nitrogens with one attached hydrogen (secondary N) is 1. The third kappa shape index (κ3) is 9.05. The fourth-order valence-corrected chi connectivity index (χ4v) is 4.44. The van der Waals surface area contributed by atoms with Gasteiger partial charge in [-0.05, 0) is 53.1 Å². The van der Waals surface area contributed by atoms with E-state index >= 15 is 0 Å². The number of rotatable bonds is 13. The van der Waals surface area contributed by atoms with E-state index in [0.717, 1.165) is 29.5 Å². The molecular formula is C32H39ClN2O2. The van der Waals surface area contributed by atoms with Crippen LogP contribution in [0.4, 0.5) is 0 Å². The van der Waals surface area contributed by atoms with Gasteiger partial charge in [-0.15, -0.1) is 0 Å². The molecule has 0 bridgehead atoms. The first-order valence-electron chi connectivity index (χ1n) is 13.3. The van der Waals surface area contributed by atoms with Crippen LogP contribution in [0.1, 0.15) is 68.2 Å². The van der Waals surface area contributed by atoms with Gasteiger partial charge in [0.15, 0.2) is 0 Å². The standard InChI is InChI=1S/C32H39ClN2O2/c1-4-5-21-34-32(37)30(22-26-9-7-6-8-10-26)35(23-27-13-18-29(33)19-14-27)31(36)20-15-25-11-16-28(17-12-25)24(2)3/h6-14,16-19,24,30H,4-5,15,20-23H2,1-3H3,(H,34,37)/t30-/m0/s1. The van der Waals surface area contributed by atoms with Crippen molar-refractivity contribution in [2.24, 2.45) is 0 Å². The van der Waals surface area contributed by atoms with Crippen LogP contribution in [-0.2, 0) is 29.0 Å². The molecule has 0 spiro atoms. The van der Waals surface area contributed by atoms with E-state index < -0.39 is 6.04 Å². The Labute approximate surface area is 227 Å². The molecule has 37 heavy (non-hydrogen) atoms. The number of halogens is 1. The molecule has 0 saturated heterocycles. The molecule has 0 aromatic heterocycles. The predicted molar refractivity (Wildman–Crippen MR) is 153 cm³/mol. The lowest BCUT2D eigenvalue weighted by Crippen LogP contribution is -2.50. The first kappa shape index (κ1) is 28.5. The van der Waals surface area contributed by atoms with Gasteiger partial charge in [0.05, 0.1) is 0 Å². The number of hydrogen-bond acceptors (Lipinski definition) is 2. The van der Waals surface area contributed by atoms with Crippen molar-refractivity contribution < 1.29 is 9.59 Å². The van der Waals surface area contributed by atoms with Gasteiger partial charge in [-0.3, -0.25) is 9.59 Å². The molecule has 0 aliphatic carbocycles. The van der Waals surface area contributed by atoms with Gasteiger partial charge in [0.1, 0.15) is 6.04 Å². The minimum Gasteiger partial charge on any atom is -0.354 e. The number of unbranched alkanes of at least 4 members (excludes halogenated alkanes) is 1. The average molecular weight is 519 g/mol. The fourth-order valence-electron chi connectivity index (χ4n) is 4.31. The van der Waals surface area contributed by atoms with Crippen molar-refractivity contribution in [1.82, 2.24) is 10.2 Å². The van der Waals surface area contributed by atoms with Gasteiger partial charge in [-0.2, -0.15) is 0 Å². The number of hydrogen-bond donors (Lipinski definition) is 1. The van der Waals surface area contributed by atoms with Crippen molar-refractivity contribution >= 4 is 23.4 Å². The van der Waals surface area contributed by atoms with Crippen LogP contribution >= 0.6 is 11.6 Å². The van der Waals surface area contributed by atoms with Crippen LogP contribution in [0.3, 0.4) is 0 Å². The highest BCUT2D eigenvalue weighted by Gasteiger charge is 2.30. The Balaban J connectivity index is 1.85. The van der Waals surface area contributed by atoms with Gasteiger partial charge < -0.3 is 10.2 Å². The van der Waals surface area contributed by atoms with Gasteiger partial charge in [0, 0.05) is 31.0 Å². The van der Waals surface area contributed by atoms with Crippen molar-refractivity contribution in [3.8, 4) is 0 Å². The number of carbonyl (C=O) groups is 2. The Morgan fingerprint density at radius 1 is 0.865 bits per heavy atom. The summed E-state index contributed by atoms with van der Waals surface area (Å²) in [6.45, 7) is 7.39. The molecule has 0 aliphatic rings. The Bertz CT molecular complexity index is 1110. The molecule has 3 aromatic rings. The summed E-state index contributed by atoms with van der Waals surface area (Å²) in [5, 5.41) is 3.71. The van der Waals surface area contributed by atoms with Gasteiger partial charge in [-0.25, -0.2) is 0 Å². The second-order valence-electron chi connectivity index (χ2n) is 9.89. The number of nitrogens with zero attached hydrogens (tertiary/aromatic N) is 1. The van der Waals surface area contributed by atoms with E-state index in [0.29, 0.717) is 43.3 Å². The summed E-state index contributed by atoms with van der Waals surface area (Å²) < 4.78 is 0. The Morgan fingerprint density at radius 2 is 1.51 bits per heavy atom. The van der Waals surface area contributed by atoms with Crippen LogP contribution in [0, 0.1) is 0 Å². The summed E-state index contributed by atoms with van der Waals surface area (Å²) in [5.74, 6) is 0.325. The Kier molecular flexibility index (Phi) is 11.2. The van der Waals surface area contributed by atoms with Crippen LogP contribution < -0.4 is 5.32 Å². The zero-order chi connectivity index (χ0) is 26.6. The van der Waals surface area contributed by atoms with Crippen molar-refractivity contribution in [2.45, 2.75) is 71.4 Å². The van der Waals surface area contributed by atoms with Crippen LogP contribution in [0.25, 0.3) is 0 Å². The van der Waals surface area contributed by atoms with E-state index in [1.54, 1.807) is 4.90 Å². The van der Waals surface area contributed by atoms with E-state index in [4.69, 9.17) is 11.6 Å². The van der Waals surface area contributed by atoms with E-state index in [1.165, 1.54) is 5.56 Å². The fraction of sp³-hybridized carbons (Fsp3) is 0.375. The zero-order valence-corrected chi connectivity index (χ0v) is 23.0. The van der Waals surface area contributed by atoms with Crippen molar-refractivity contribution in [1.29, 1.82) is 0 Å². The lowest BCUT2D eigenvalue weighted by molar-refractivity contribution is -0.141. The summed E-state index contributed by atoms with van der Waals surface area (Å²) in [7, 11) is 0. The lowest BCUT2D eigenvalue weighted by Gasteiger charge is -2.32. The number of amides is 2. The molecule has 1 N–H and O–H groups in total. The van der Waals surface area contributed by atoms with Gasteiger partial charge in [0.2, 0.25) is 11.8 Å². The Hall–Kier alpha value is -3.11. The second kappa shape index (κ2) is 14.6. The third-order valence-electron chi connectivity index (χ3n) is 6.64. The Morgan fingerprint density at radius 3 is 2.14 bits per heavy atom. The minimum atomic E-state index is -0.606. The molecule has 5 heteroatoms. The van der Waals surface area contributed by atoms with E-state index in [-0.39, 0.29) is 11.8 Å². The highest BCUT2D eigenvalue weighted by Crippen LogP contribution is 2.20. The van der Waals surface area contributed by atoms with Gasteiger partial charge in [0.25, 0.3) is 0 Å². The summed E-state index contributed by atoms with van der Waals surface area (Å²) >= 11 is 6.11. The first-order valence-corrected chi connectivity index (χ1v) is 13.7. The molecule has 3 rings (SSSR count). The maximum Gasteiger partial charge on any atom is 0.243 e. The molecule has 3 aromatic carbocycles. The van der Waals surface area contributed by atoms with Crippen LogP contribution in [0.15, 0.2) is 78.9 Å². The maximum atomic E-state index is 13.7. The van der Waals surface area contributed by atoms with Crippen molar-refractivity contribution in [2.75, 3.05) is 6.54 Å². The van der Waals surface area contributed by atoms with E-state index in [1.807, 2.05) is 54.6 Å². The summed E-state index contributed by atoms with van der Waals surface area (Å²) in [4.78, 5) is 29.0. The lowest BCUT2D eigenvalue weighted by atomic mass is 9.99. The second-order valence-corrected chi connectivity index (χ2v) is 10.3. The average Bonchev–Trinajstić information content (AvgIpc) is 2.91. The molecule has 0 heterocycles. The van der Waals surface area contributed by atoms with E-state index in [9.17, 15) is 9.59 Å². The number of carbonyl (C=O) groups excluding carboxylic acids is 2. The summed E-state index contributed by atoms with van der Waals surface area (Å²) in [5.41, 5.74) is 4.37. The quantitative estimate of drug-likeness (QED) is 0.249. The molecule has 0 unspecified atom stereocenters. The number of aryl methyl sites for hydroxylation is 1. The molecule has 0 radical (unpaired) electrons. The monoisotopic (exact) mass is 518 g/mol. The minimum absolute atomic E-state index is 0.0329. The largest absolute Gasteiger partial charge is 0.354 e. The first-order chi connectivity index (χ1) is 17.9. The third-order valence-corrected chi connectivity index (χ3v) is 6.89. The zero-order valence-electron chi connectivity index (χ0n) is 22.3.